The van der Waals surface area contributed by atoms with Crippen molar-refractivity contribution in [2.24, 2.45) is 0 Å². The van der Waals surface area contributed by atoms with E-state index in [2.05, 4.69) is 9.88 Å². The van der Waals surface area contributed by atoms with Crippen LogP contribution in [-0.2, 0) is 19.6 Å². The number of pyridine rings is 1. The third-order valence-electron chi connectivity index (χ3n) is 4.18. The minimum Gasteiger partial charge on any atom is -0.497 e. The zero-order valence-corrected chi connectivity index (χ0v) is 15.4. The highest BCUT2D eigenvalue weighted by Crippen LogP contribution is 2.27. The van der Waals surface area contributed by atoms with E-state index in [1.54, 1.807) is 14.2 Å². The van der Waals surface area contributed by atoms with Crippen molar-refractivity contribution >= 4 is 0 Å². The van der Waals surface area contributed by atoms with E-state index in [-0.39, 0.29) is 0 Å². The maximum atomic E-state index is 5.77. The summed E-state index contributed by atoms with van der Waals surface area (Å²) < 4.78 is 16.6. The van der Waals surface area contributed by atoms with Crippen molar-refractivity contribution in [3.8, 4) is 11.5 Å². The zero-order chi connectivity index (χ0) is 18.4. The third kappa shape index (κ3) is 4.64. The normalized spacial score (nSPS) is 10.9. The molecule has 0 atom stereocenters. The SMILES string of the molecule is COc1ccc(CN(Cc2ccccn2)Cc2ccc(C)o2)c(OC)c1. The van der Waals surface area contributed by atoms with Crippen molar-refractivity contribution in [2.75, 3.05) is 14.2 Å². The molecule has 0 radical (unpaired) electrons. The predicted octanol–water partition coefficient (Wildman–Crippen LogP) is 4.20. The average Bonchev–Trinajstić information content (AvgIpc) is 3.07. The number of methoxy groups -OCH3 is 2. The Kier molecular flexibility index (Phi) is 5.92. The minimum atomic E-state index is 0.694. The number of aromatic nitrogens is 1. The highest BCUT2D eigenvalue weighted by Gasteiger charge is 2.14. The van der Waals surface area contributed by atoms with Crippen LogP contribution in [0.2, 0.25) is 0 Å². The van der Waals surface area contributed by atoms with Crippen LogP contribution in [0.1, 0.15) is 22.8 Å². The lowest BCUT2D eigenvalue weighted by atomic mass is 10.1. The second kappa shape index (κ2) is 8.54. The monoisotopic (exact) mass is 352 g/mol. The molecule has 136 valence electrons. The number of furan rings is 1. The summed E-state index contributed by atoms with van der Waals surface area (Å²) in [6.45, 7) is 4.08. The molecule has 2 heterocycles. The lowest BCUT2D eigenvalue weighted by Gasteiger charge is -2.22. The zero-order valence-electron chi connectivity index (χ0n) is 15.4. The van der Waals surface area contributed by atoms with Gasteiger partial charge in [-0.3, -0.25) is 9.88 Å². The Balaban J connectivity index is 1.82. The summed E-state index contributed by atoms with van der Waals surface area (Å²) in [5, 5.41) is 0. The number of rotatable bonds is 8. The van der Waals surface area contributed by atoms with Gasteiger partial charge in [-0.1, -0.05) is 12.1 Å². The van der Waals surface area contributed by atoms with Gasteiger partial charge < -0.3 is 13.9 Å². The van der Waals surface area contributed by atoms with E-state index in [9.17, 15) is 0 Å². The van der Waals surface area contributed by atoms with Crippen molar-refractivity contribution in [3.05, 3.63) is 77.5 Å². The number of nitrogens with zero attached hydrogens (tertiary/aromatic N) is 2. The fraction of sp³-hybridized carbons (Fsp3) is 0.286. The molecule has 0 fully saturated rings. The maximum absolute atomic E-state index is 5.77. The molecular formula is C21H24N2O3. The second-order valence-electron chi connectivity index (χ2n) is 6.16. The second-order valence-corrected chi connectivity index (χ2v) is 6.16. The topological polar surface area (TPSA) is 47.7 Å². The van der Waals surface area contributed by atoms with Gasteiger partial charge in [0.15, 0.2) is 0 Å². The van der Waals surface area contributed by atoms with Gasteiger partial charge in [0.25, 0.3) is 0 Å². The van der Waals surface area contributed by atoms with Crippen LogP contribution >= 0.6 is 0 Å². The molecular weight excluding hydrogens is 328 g/mol. The summed E-state index contributed by atoms with van der Waals surface area (Å²) >= 11 is 0. The van der Waals surface area contributed by atoms with E-state index in [1.807, 2.05) is 61.7 Å². The largest absolute Gasteiger partial charge is 0.497 e. The highest BCUT2D eigenvalue weighted by molar-refractivity contribution is 5.40. The predicted molar refractivity (Wildman–Crippen MR) is 100 cm³/mol. The molecule has 5 nitrogen and oxygen atoms in total. The summed E-state index contributed by atoms with van der Waals surface area (Å²) in [4.78, 5) is 6.74. The molecule has 0 spiro atoms. The third-order valence-corrected chi connectivity index (χ3v) is 4.18. The van der Waals surface area contributed by atoms with E-state index in [0.29, 0.717) is 13.1 Å². The van der Waals surface area contributed by atoms with Gasteiger partial charge >= 0.3 is 0 Å². The van der Waals surface area contributed by atoms with Crippen LogP contribution in [0.15, 0.2) is 59.1 Å². The summed E-state index contributed by atoms with van der Waals surface area (Å²) in [5.74, 6) is 3.44. The first-order valence-electron chi connectivity index (χ1n) is 8.56. The summed E-state index contributed by atoms with van der Waals surface area (Å²) in [6.07, 6.45) is 1.82. The Morgan fingerprint density at radius 2 is 1.85 bits per heavy atom. The van der Waals surface area contributed by atoms with Gasteiger partial charge in [-0.15, -0.1) is 0 Å². The molecule has 0 saturated carbocycles. The van der Waals surface area contributed by atoms with E-state index in [1.165, 1.54) is 0 Å². The first-order chi connectivity index (χ1) is 12.7. The van der Waals surface area contributed by atoms with Crippen LogP contribution in [0, 0.1) is 6.92 Å². The van der Waals surface area contributed by atoms with Gasteiger partial charge in [0.05, 0.1) is 26.5 Å². The smallest absolute Gasteiger partial charge is 0.127 e. The first kappa shape index (κ1) is 18.0. The van der Waals surface area contributed by atoms with Crippen molar-refractivity contribution in [1.82, 2.24) is 9.88 Å². The molecule has 0 N–H and O–H groups in total. The lowest BCUT2D eigenvalue weighted by Crippen LogP contribution is -2.23. The summed E-state index contributed by atoms with van der Waals surface area (Å²) in [5.41, 5.74) is 2.11. The van der Waals surface area contributed by atoms with Gasteiger partial charge in [0.1, 0.15) is 23.0 Å². The molecule has 2 aromatic heterocycles. The fourth-order valence-corrected chi connectivity index (χ4v) is 2.90. The maximum Gasteiger partial charge on any atom is 0.127 e. The fourth-order valence-electron chi connectivity index (χ4n) is 2.90. The Morgan fingerprint density at radius 1 is 0.962 bits per heavy atom. The molecule has 0 bridgehead atoms. The van der Waals surface area contributed by atoms with Gasteiger partial charge in [-0.2, -0.15) is 0 Å². The molecule has 5 heteroatoms. The molecule has 1 aromatic carbocycles. The molecule has 0 aliphatic heterocycles. The Labute approximate surface area is 154 Å². The molecule has 0 amide bonds. The molecule has 0 saturated heterocycles. The number of aryl methyl sites for hydroxylation is 1. The van der Waals surface area contributed by atoms with Gasteiger partial charge in [0.2, 0.25) is 0 Å². The van der Waals surface area contributed by atoms with Crippen molar-refractivity contribution < 1.29 is 13.9 Å². The Hall–Kier alpha value is -2.79. The van der Waals surface area contributed by atoms with Gasteiger partial charge in [-0.05, 0) is 37.3 Å². The van der Waals surface area contributed by atoms with Gasteiger partial charge in [0, 0.05) is 30.9 Å². The molecule has 0 unspecified atom stereocenters. The number of hydrogen-bond donors (Lipinski definition) is 0. The molecule has 26 heavy (non-hydrogen) atoms. The Bertz CT molecular complexity index is 830. The highest BCUT2D eigenvalue weighted by atomic mass is 16.5. The first-order valence-corrected chi connectivity index (χ1v) is 8.56. The van der Waals surface area contributed by atoms with Crippen molar-refractivity contribution in [2.45, 2.75) is 26.6 Å². The van der Waals surface area contributed by atoms with Crippen LogP contribution in [0.4, 0.5) is 0 Å². The number of hydrogen-bond acceptors (Lipinski definition) is 5. The van der Waals surface area contributed by atoms with Gasteiger partial charge in [-0.25, -0.2) is 0 Å². The van der Waals surface area contributed by atoms with E-state index in [4.69, 9.17) is 13.9 Å². The summed E-state index contributed by atoms with van der Waals surface area (Å²) in [6, 6.07) is 15.9. The molecule has 0 aliphatic carbocycles. The van der Waals surface area contributed by atoms with Crippen LogP contribution in [-0.4, -0.2) is 24.1 Å². The van der Waals surface area contributed by atoms with Crippen molar-refractivity contribution in [3.63, 3.8) is 0 Å². The number of ether oxygens (including phenoxy) is 2. The lowest BCUT2D eigenvalue weighted by molar-refractivity contribution is 0.220. The van der Waals surface area contributed by atoms with E-state index in [0.717, 1.165) is 40.8 Å². The van der Waals surface area contributed by atoms with Crippen LogP contribution in [0.25, 0.3) is 0 Å². The van der Waals surface area contributed by atoms with Crippen LogP contribution < -0.4 is 9.47 Å². The van der Waals surface area contributed by atoms with E-state index < -0.39 is 0 Å². The average molecular weight is 352 g/mol. The number of benzene rings is 1. The Morgan fingerprint density at radius 3 is 2.50 bits per heavy atom. The van der Waals surface area contributed by atoms with Crippen molar-refractivity contribution in [1.29, 1.82) is 0 Å². The summed E-state index contributed by atoms with van der Waals surface area (Å²) in [7, 11) is 3.33. The van der Waals surface area contributed by atoms with Crippen LogP contribution in [0.5, 0.6) is 11.5 Å². The quantitative estimate of drug-likeness (QED) is 0.608. The van der Waals surface area contributed by atoms with Crippen LogP contribution in [0.3, 0.4) is 0 Å². The van der Waals surface area contributed by atoms with E-state index >= 15 is 0 Å². The standard InChI is InChI=1S/C21H24N2O3/c1-16-7-9-20(26-16)15-23(14-18-6-4-5-11-22-18)13-17-8-10-19(24-2)12-21(17)25-3/h4-12H,13-15H2,1-3H3. The minimum absolute atomic E-state index is 0.694. The molecule has 3 aromatic rings. The molecule has 3 rings (SSSR count). The molecule has 0 aliphatic rings.